The van der Waals surface area contributed by atoms with E-state index in [0.29, 0.717) is 25.3 Å². The lowest BCUT2D eigenvalue weighted by atomic mass is 9.99. The normalized spacial score (nSPS) is 15.5. The van der Waals surface area contributed by atoms with E-state index in [1.807, 2.05) is 0 Å². The summed E-state index contributed by atoms with van der Waals surface area (Å²) >= 11 is 0. The van der Waals surface area contributed by atoms with Crippen molar-refractivity contribution in [3.05, 3.63) is 0 Å². The molecule has 0 aromatic carbocycles. The van der Waals surface area contributed by atoms with Crippen molar-refractivity contribution in [2.24, 2.45) is 5.92 Å². The molecule has 0 amide bonds. The molecule has 0 aliphatic rings. The van der Waals surface area contributed by atoms with Gasteiger partial charge >= 0.3 is 7.60 Å². The van der Waals surface area contributed by atoms with E-state index in [1.165, 1.54) is 19.3 Å². The summed E-state index contributed by atoms with van der Waals surface area (Å²) < 4.78 is 29.6. The molecule has 140 valence electrons. The monoisotopic (exact) mass is 350 g/mol. The average Bonchev–Trinajstić information content (AvgIpc) is 2.55. The first kappa shape index (κ1) is 23.1. The Morgan fingerprint density at radius 2 is 1.52 bits per heavy atom. The molecule has 5 heteroatoms. The van der Waals surface area contributed by atoms with Gasteiger partial charge in [0.1, 0.15) is 0 Å². The lowest BCUT2D eigenvalue weighted by Crippen LogP contribution is -2.13. The van der Waals surface area contributed by atoms with Gasteiger partial charge in [0, 0.05) is 13.7 Å². The fraction of sp³-hybridized carbons (Fsp3) is 1.00. The van der Waals surface area contributed by atoms with Crippen LogP contribution in [0, 0.1) is 5.92 Å². The summed E-state index contributed by atoms with van der Waals surface area (Å²) in [6, 6.07) is 0. The maximum Gasteiger partial charge on any atom is 0.330 e. The van der Waals surface area contributed by atoms with E-state index in [0.717, 1.165) is 45.1 Å². The Hall–Kier alpha value is 0.110. The standard InChI is InChI=1S/C18H39O4P/c1-5-8-11-12-18(13-15-20-4)17-22-23(19,16-10-7-3)21-14-9-6-2/h18H,5-17H2,1-4H3. The molecular formula is C18H39O4P. The Bertz CT molecular complexity index is 297. The lowest BCUT2D eigenvalue weighted by Gasteiger charge is -2.22. The molecule has 0 saturated heterocycles. The van der Waals surface area contributed by atoms with Crippen molar-refractivity contribution in [1.82, 2.24) is 0 Å². The molecule has 0 bridgehead atoms. The molecule has 2 atom stereocenters. The summed E-state index contributed by atoms with van der Waals surface area (Å²) in [4.78, 5) is 0. The van der Waals surface area contributed by atoms with Gasteiger partial charge in [-0.3, -0.25) is 4.57 Å². The van der Waals surface area contributed by atoms with Gasteiger partial charge < -0.3 is 13.8 Å². The predicted octanol–water partition coefficient (Wildman–Crippen LogP) is 6.05. The number of hydrogen-bond donors (Lipinski definition) is 0. The van der Waals surface area contributed by atoms with Crippen LogP contribution in [0.25, 0.3) is 0 Å². The Balaban J connectivity index is 4.43. The van der Waals surface area contributed by atoms with Crippen molar-refractivity contribution < 1.29 is 18.3 Å². The van der Waals surface area contributed by atoms with Crippen LogP contribution < -0.4 is 0 Å². The van der Waals surface area contributed by atoms with Crippen LogP contribution in [0.3, 0.4) is 0 Å². The quantitative estimate of drug-likeness (QED) is 0.237. The minimum Gasteiger partial charge on any atom is -0.385 e. The second-order valence-corrected chi connectivity index (χ2v) is 8.50. The van der Waals surface area contributed by atoms with Crippen LogP contribution in [-0.4, -0.2) is 33.1 Å². The SMILES string of the molecule is CCCCCC(CCOC)COP(=O)(CCCC)OCCCC. The molecule has 23 heavy (non-hydrogen) atoms. The third kappa shape index (κ3) is 13.1. The zero-order valence-electron chi connectivity index (χ0n) is 15.8. The average molecular weight is 350 g/mol. The van der Waals surface area contributed by atoms with Gasteiger partial charge in [-0.15, -0.1) is 0 Å². The summed E-state index contributed by atoms with van der Waals surface area (Å²) in [5.74, 6) is 0.409. The van der Waals surface area contributed by atoms with Gasteiger partial charge in [0.2, 0.25) is 0 Å². The minimum atomic E-state index is -2.93. The molecule has 0 N–H and O–H groups in total. The number of rotatable bonds is 17. The second-order valence-electron chi connectivity index (χ2n) is 6.31. The van der Waals surface area contributed by atoms with Crippen LogP contribution in [0.15, 0.2) is 0 Å². The van der Waals surface area contributed by atoms with E-state index in [4.69, 9.17) is 13.8 Å². The molecular weight excluding hydrogens is 311 g/mol. The highest BCUT2D eigenvalue weighted by Crippen LogP contribution is 2.49. The summed E-state index contributed by atoms with van der Waals surface area (Å²) in [5, 5.41) is 0. The smallest absolute Gasteiger partial charge is 0.330 e. The molecule has 0 spiro atoms. The van der Waals surface area contributed by atoms with E-state index >= 15 is 0 Å². The lowest BCUT2D eigenvalue weighted by molar-refractivity contribution is 0.134. The van der Waals surface area contributed by atoms with Crippen LogP contribution in [0.2, 0.25) is 0 Å². The van der Waals surface area contributed by atoms with Gasteiger partial charge in [0.05, 0.1) is 19.4 Å². The molecule has 0 fully saturated rings. The molecule has 4 nitrogen and oxygen atoms in total. The van der Waals surface area contributed by atoms with E-state index < -0.39 is 7.60 Å². The van der Waals surface area contributed by atoms with Gasteiger partial charge in [0.25, 0.3) is 0 Å². The third-order valence-corrected chi connectivity index (χ3v) is 6.01. The summed E-state index contributed by atoms with van der Waals surface area (Å²) in [6.45, 7) is 8.21. The van der Waals surface area contributed by atoms with Crippen LogP contribution in [-0.2, 0) is 18.3 Å². The van der Waals surface area contributed by atoms with Crippen molar-refractivity contribution in [3.8, 4) is 0 Å². The topological polar surface area (TPSA) is 44.8 Å². The van der Waals surface area contributed by atoms with Crippen molar-refractivity contribution in [3.63, 3.8) is 0 Å². The van der Waals surface area contributed by atoms with Gasteiger partial charge in [0.15, 0.2) is 0 Å². The first-order valence-corrected chi connectivity index (χ1v) is 11.2. The van der Waals surface area contributed by atoms with Crippen molar-refractivity contribution in [1.29, 1.82) is 0 Å². The second kappa shape index (κ2) is 15.6. The van der Waals surface area contributed by atoms with Crippen LogP contribution in [0.5, 0.6) is 0 Å². The highest BCUT2D eigenvalue weighted by atomic mass is 31.2. The highest BCUT2D eigenvalue weighted by molar-refractivity contribution is 7.53. The number of unbranched alkanes of at least 4 members (excludes halogenated alkanes) is 4. The third-order valence-electron chi connectivity index (χ3n) is 4.02. The molecule has 0 radical (unpaired) electrons. The van der Waals surface area contributed by atoms with Gasteiger partial charge in [-0.05, 0) is 31.6 Å². The molecule has 0 rings (SSSR count). The maximum atomic E-state index is 12.9. The van der Waals surface area contributed by atoms with Crippen LogP contribution in [0.1, 0.15) is 78.6 Å². The first-order valence-electron chi connectivity index (χ1n) is 9.48. The van der Waals surface area contributed by atoms with E-state index in [9.17, 15) is 4.57 Å². The highest BCUT2D eigenvalue weighted by Gasteiger charge is 2.25. The number of ether oxygens (including phenoxy) is 1. The first-order chi connectivity index (χ1) is 11.1. The Morgan fingerprint density at radius 3 is 2.13 bits per heavy atom. The summed E-state index contributed by atoms with van der Waals surface area (Å²) in [5.41, 5.74) is 0. The fourth-order valence-corrected chi connectivity index (χ4v) is 4.25. The van der Waals surface area contributed by atoms with Gasteiger partial charge in [-0.1, -0.05) is 52.9 Å². The predicted molar refractivity (Wildman–Crippen MR) is 98.3 cm³/mol. The largest absolute Gasteiger partial charge is 0.385 e. The van der Waals surface area contributed by atoms with Crippen molar-refractivity contribution in [2.45, 2.75) is 78.6 Å². The van der Waals surface area contributed by atoms with E-state index in [2.05, 4.69) is 20.8 Å². The van der Waals surface area contributed by atoms with Crippen LogP contribution >= 0.6 is 7.60 Å². The molecule has 0 aromatic rings. The van der Waals surface area contributed by atoms with Crippen LogP contribution in [0.4, 0.5) is 0 Å². The number of methoxy groups -OCH3 is 1. The van der Waals surface area contributed by atoms with Crippen molar-refractivity contribution >= 4 is 7.60 Å². The summed E-state index contributed by atoms with van der Waals surface area (Å²) in [7, 11) is -1.21. The minimum absolute atomic E-state index is 0.409. The van der Waals surface area contributed by atoms with Gasteiger partial charge in [-0.25, -0.2) is 0 Å². The zero-order valence-corrected chi connectivity index (χ0v) is 16.7. The molecule has 0 aliphatic carbocycles. The Labute approximate surface area is 144 Å². The molecule has 2 unspecified atom stereocenters. The van der Waals surface area contributed by atoms with Gasteiger partial charge in [-0.2, -0.15) is 0 Å². The molecule has 0 heterocycles. The number of hydrogen-bond acceptors (Lipinski definition) is 4. The molecule has 0 saturated carbocycles. The van der Waals surface area contributed by atoms with Crippen molar-refractivity contribution in [2.75, 3.05) is 33.1 Å². The summed E-state index contributed by atoms with van der Waals surface area (Å²) in [6.07, 6.45) is 10.1. The van der Waals surface area contributed by atoms with E-state index in [-0.39, 0.29) is 0 Å². The molecule has 0 aromatic heterocycles. The fourth-order valence-electron chi connectivity index (χ4n) is 2.36. The Morgan fingerprint density at radius 1 is 0.826 bits per heavy atom. The maximum absolute atomic E-state index is 12.9. The van der Waals surface area contributed by atoms with E-state index in [1.54, 1.807) is 7.11 Å². The zero-order chi connectivity index (χ0) is 17.4. The Kier molecular flexibility index (Phi) is 15.7. The molecule has 0 aliphatic heterocycles.